The normalized spacial score (nSPS) is 15.3. The average Bonchev–Trinajstić information content (AvgIpc) is 3.11. The molecule has 1 aromatic heterocycles. The van der Waals surface area contributed by atoms with E-state index in [2.05, 4.69) is 20.9 Å². The van der Waals surface area contributed by atoms with Crippen LogP contribution in [0.25, 0.3) is 0 Å². The number of halogens is 2. The molecule has 26 heavy (non-hydrogen) atoms. The number of hydrogen-bond donors (Lipinski definition) is 2. The van der Waals surface area contributed by atoms with Crippen LogP contribution in [0.2, 0.25) is 0 Å². The van der Waals surface area contributed by atoms with Gasteiger partial charge in [-0.2, -0.15) is 0 Å². The Labute approximate surface area is 159 Å². The number of nitrogens with one attached hydrogen (secondary N) is 2. The largest absolute Gasteiger partial charge is 0.350 e. The van der Waals surface area contributed by atoms with Crippen LogP contribution < -0.4 is 10.6 Å². The van der Waals surface area contributed by atoms with E-state index in [1.54, 1.807) is 16.9 Å². The molecular weight excluding hydrogens is 357 g/mol. The van der Waals surface area contributed by atoms with Crippen LogP contribution in [-0.2, 0) is 5.41 Å². The molecule has 0 aliphatic carbocycles. The van der Waals surface area contributed by atoms with Crippen LogP contribution in [0.4, 0.5) is 4.39 Å². The number of aromatic nitrogens is 3. The molecule has 2 heterocycles. The second-order valence-corrected chi connectivity index (χ2v) is 7.14. The first-order valence-electron chi connectivity index (χ1n) is 8.62. The second kappa shape index (κ2) is 8.60. The maximum atomic E-state index is 13.4. The molecule has 1 fully saturated rings. The van der Waals surface area contributed by atoms with Crippen molar-refractivity contribution < 1.29 is 9.18 Å². The Bertz CT molecular complexity index is 743. The summed E-state index contributed by atoms with van der Waals surface area (Å²) < 4.78 is 15.2. The Morgan fingerprint density at radius 3 is 2.81 bits per heavy atom. The SMILES string of the molecule is CC(C)(CNC(=O)c1cn(C2CCNCC2)nn1)c1cccc(F)c1.Cl. The van der Waals surface area contributed by atoms with Gasteiger partial charge in [0.2, 0.25) is 0 Å². The number of benzene rings is 1. The molecule has 0 saturated carbocycles. The third kappa shape index (κ3) is 4.80. The van der Waals surface area contributed by atoms with E-state index in [-0.39, 0.29) is 29.5 Å². The van der Waals surface area contributed by atoms with Gasteiger partial charge in [0.25, 0.3) is 5.91 Å². The predicted molar refractivity (Wildman–Crippen MR) is 100 cm³/mol. The average molecular weight is 382 g/mol. The van der Waals surface area contributed by atoms with E-state index in [9.17, 15) is 9.18 Å². The van der Waals surface area contributed by atoms with Crippen molar-refractivity contribution in [2.45, 2.75) is 38.1 Å². The minimum atomic E-state index is -0.386. The standard InChI is InChI=1S/C18H24FN5O.ClH/c1-18(2,13-4-3-5-14(19)10-13)12-21-17(25)16-11-24(23-22-16)15-6-8-20-9-7-15;/h3-5,10-11,15,20H,6-9,12H2,1-2H3,(H,21,25);1H. The van der Waals surface area contributed by atoms with Crippen LogP contribution in [0.1, 0.15) is 48.8 Å². The number of carbonyl (C=O) groups excluding carboxylic acids is 1. The van der Waals surface area contributed by atoms with Crippen molar-refractivity contribution in [1.82, 2.24) is 25.6 Å². The fourth-order valence-corrected chi connectivity index (χ4v) is 3.03. The van der Waals surface area contributed by atoms with E-state index in [1.807, 2.05) is 19.9 Å². The highest BCUT2D eigenvalue weighted by molar-refractivity contribution is 5.91. The summed E-state index contributed by atoms with van der Waals surface area (Å²) in [7, 11) is 0. The van der Waals surface area contributed by atoms with Gasteiger partial charge in [0.1, 0.15) is 5.82 Å². The molecule has 1 aromatic carbocycles. The highest BCUT2D eigenvalue weighted by Gasteiger charge is 2.24. The molecule has 1 saturated heterocycles. The molecule has 6 nitrogen and oxygen atoms in total. The van der Waals surface area contributed by atoms with E-state index < -0.39 is 0 Å². The molecule has 142 valence electrons. The first-order chi connectivity index (χ1) is 12.0. The van der Waals surface area contributed by atoms with E-state index in [0.717, 1.165) is 31.5 Å². The van der Waals surface area contributed by atoms with Crippen LogP contribution in [0, 0.1) is 5.82 Å². The first kappa shape index (κ1) is 20.3. The monoisotopic (exact) mass is 381 g/mol. The minimum absolute atomic E-state index is 0. The Morgan fingerprint density at radius 2 is 2.12 bits per heavy atom. The summed E-state index contributed by atoms with van der Waals surface area (Å²) in [5, 5.41) is 14.3. The summed E-state index contributed by atoms with van der Waals surface area (Å²) in [4.78, 5) is 12.4. The van der Waals surface area contributed by atoms with E-state index in [0.29, 0.717) is 18.3 Å². The van der Waals surface area contributed by atoms with Gasteiger partial charge in [-0.1, -0.05) is 31.2 Å². The molecule has 1 amide bonds. The number of nitrogens with zero attached hydrogens (tertiary/aromatic N) is 3. The van der Waals surface area contributed by atoms with Crippen molar-refractivity contribution in [1.29, 1.82) is 0 Å². The lowest BCUT2D eigenvalue weighted by atomic mass is 9.84. The highest BCUT2D eigenvalue weighted by Crippen LogP contribution is 2.23. The number of piperidine rings is 1. The molecular formula is C18H25ClFN5O. The molecule has 2 N–H and O–H groups in total. The third-order valence-corrected chi connectivity index (χ3v) is 4.72. The molecule has 3 rings (SSSR count). The van der Waals surface area contributed by atoms with Crippen LogP contribution in [0.3, 0.4) is 0 Å². The van der Waals surface area contributed by atoms with Crippen molar-refractivity contribution in [2.75, 3.05) is 19.6 Å². The summed E-state index contributed by atoms with van der Waals surface area (Å²) in [5.41, 5.74) is 0.766. The topological polar surface area (TPSA) is 71.8 Å². The number of amides is 1. The number of rotatable bonds is 5. The molecule has 1 aliphatic rings. The van der Waals surface area contributed by atoms with E-state index >= 15 is 0 Å². The van der Waals surface area contributed by atoms with Gasteiger partial charge in [0.15, 0.2) is 5.69 Å². The Morgan fingerprint density at radius 1 is 1.38 bits per heavy atom. The van der Waals surface area contributed by atoms with E-state index in [1.165, 1.54) is 12.1 Å². The Hall–Kier alpha value is -1.99. The maximum absolute atomic E-state index is 13.4. The summed E-state index contributed by atoms with van der Waals surface area (Å²) in [6.07, 6.45) is 3.68. The molecule has 0 spiro atoms. The van der Waals surface area contributed by atoms with Crippen LogP contribution >= 0.6 is 12.4 Å². The van der Waals surface area contributed by atoms with Gasteiger partial charge < -0.3 is 10.6 Å². The minimum Gasteiger partial charge on any atom is -0.350 e. The molecule has 0 radical (unpaired) electrons. The van der Waals surface area contributed by atoms with Gasteiger partial charge in [0, 0.05) is 12.0 Å². The molecule has 2 aromatic rings. The van der Waals surface area contributed by atoms with Crippen molar-refractivity contribution in [2.24, 2.45) is 0 Å². The summed E-state index contributed by atoms with van der Waals surface area (Å²) in [6, 6.07) is 6.75. The molecule has 0 unspecified atom stereocenters. The highest BCUT2D eigenvalue weighted by atomic mass is 35.5. The molecule has 0 atom stereocenters. The lowest BCUT2D eigenvalue weighted by molar-refractivity contribution is 0.0940. The zero-order valence-electron chi connectivity index (χ0n) is 15.0. The van der Waals surface area contributed by atoms with Crippen LogP contribution in [0.5, 0.6) is 0 Å². The van der Waals surface area contributed by atoms with Crippen LogP contribution in [0.15, 0.2) is 30.5 Å². The predicted octanol–water partition coefficient (Wildman–Crippen LogP) is 2.47. The van der Waals surface area contributed by atoms with Crippen molar-refractivity contribution in [3.8, 4) is 0 Å². The zero-order valence-corrected chi connectivity index (χ0v) is 15.9. The zero-order chi connectivity index (χ0) is 17.9. The Balaban J connectivity index is 0.00000243. The molecule has 8 heteroatoms. The molecule has 1 aliphatic heterocycles. The summed E-state index contributed by atoms with van der Waals surface area (Å²) >= 11 is 0. The fraction of sp³-hybridized carbons (Fsp3) is 0.500. The van der Waals surface area contributed by atoms with Crippen LogP contribution in [-0.4, -0.2) is 40.5 Å². The summed E-state index contributed by atoms with van der Waals surface area (Å²) in [5.74, 6) is -0.536. The van der Waals surface area contributed by atoms with Gasteiger partial charge >= 0.3 is 0 Å². The Kier molecular flexibility index (Phi) is 6.72. The lowest BCUT2D eigenvalue weighted by Gasteiger charge is -2.25. The number of carbonyl (C=O) groups is 1. The first-order valence-corrected chi connectivity index (χ1v) is 8.62. The lowest BCUT2D eigenvalue weighted by Crippen LogP contribution is -2.37. The fourth-order valence-electron chi connectivity index (χ4n) is 3.03. The van der Waals surface area contributed by atoms with Gasteiger partial charge in [0.05, 0.1) is 12.2 Å². The third-order valence-electron chi connectivity index (χ3n) is 4.72. The van der Waals surface area contributed by atoms with E-state index in [4.69, 9.17) is 0 Å². The van der Waals surface area contributed by atoms with Crippen molar-refractivity contribution in [3.05, 3.63) is 47.5 Å². The van der Waals surface area contributed by atoms with Gasteiger partial charge in [-0.15, -0.1) is 17.5 Å². The number of hydrogen-bond acceptors (Lipinski definition) is 4. The molecule has 0 bridgehead atoms. The van der Waals surface area contributed by atoms with Gasteiger partial charge in [-0.05, 0) is 43.6 Å². The van der Waals surface area contributed by atoms with Gasteiger partial charge in [-0.25, -0.2) is 9.07 Å². The second-order valence-electron chi connectivity index (χ2n) is 7.14. The maximum Gasteiger partial charge on any atom is 0.273 e. The summed E-state index contributed by atoms with van der Waals surface area (Å²) in [6.45, 7) is 6.22. The van der Waals surface area contributed by atoms with Crippen molar-refractivity contribution in [3.63, 3.8) is 0 Å². The smallest absolute Gasteiger partial charge is 0.273 e. The quantitative estimate of drug-likeness (QED) is 0.834. The van der Waals surface area contributed by atoms with Gasteiger partial charge in [-0.3, -0.25) is 4.79 Å². The van der Waals surface area contributed by atoms with Crippen molar-refractivity contribution >= 4 is 18.3 Å².